The Hall–Kier alpha value is -2.18. The van der Waals surface area contributed by atoms with E-state index >= 15 is 0 Å². The van der Waals surface area contributed by atoms with Crippen LogP contribution in [0.1, 0.15) is 30.5 Å². The standard InChI is InChI=1S/C27H33NOSi2/c1-16-10-11-17-19(14-16)27(2,3)18-12-13-20(30(4,5)6)25-22(18)23-24(17)28-15-21(26(23)29-25)31(7,8)9/h10-15H,1-9H3. The number of aromatic nitrogens is 1. The minimum absolute atomic E-state index is 0.131. The average Bonchev–Trinajstić information content (AvgIpc) is 3.01. The number of benzene rings is 2. The Bertz CT molecular complexity index is 1380. The number of fused-ring (bicyclic) bond motifs is 2. The maximum absolute atomic E-state index is 6.89. The van der Waals surface area contributed by atoms with Crippen molar-refractivity contribution in [2.24, 2.45) is 0 Å². The molecule has 2 nitrogen and oxygen atoms in total. The van der Waals surface area contributed by atoms with Gasteiger partial charge in [-0.3, -0.25) is 4.98 Å². The van der Waals surface area contributed by atoms with Gasteiger partial charge in [0.1, 0.15) is 11.2 Å². The summed E-state index contributed by atoms with van der Waals surface area (Å²) >= 11 is 0. The molecule has 31 heavy (non-hydrogen) atoms. The quantitative estimate of drug-likeness (QED) is 0.323. The van der Waals surface area contributed by atoms with Gasteiger partial charge in [0.2, 0.25) is 0 Å². The highest BCUT2D eigenvalue weighted by molar-refractivity contribution is 6.91. The van der Waals surface area contributed by atoms with Crippen molar-refractivity contribution in [2.45, 2.75) is 65.5 Å². The molecule has 0 aliphatic heterocycles. The van der Waals surface area contributed by atoms with E-state index in [1.165, 1.54) is 43.4 Å². The number of hydrogen-bond donors (Lipinski definition) is 0. The summed E-state index contributed by atoms with van der Waals surface area (Å²) in [5.74, 6) is 0. The Labute approximate surface area is 187 Å². The minimum Gasteiger partial charge on any atom is -0.456 e. The van der Waals surface area contributed by atoms with Gasteiger partial charge in [0.25, 0.3) is 0 Å². The molecule has 0 amide bonds. The maximum Gasteiger partial charge on any atom is 0.138 e. The Morgan fingerprint density at radius 1 is 0.774 bits per heavy atom. The lowest BCUT2D eigenvalue weighted by molar-refractivity contribution is 0.644. The molecule has 0 atom stereocenters. The van der Waals surface area contributed by atoms with Crippen LogP contribution in [-0.2, 0) is 5.41 Å². The van der Waals surface area contributed by atoms with E-state index in [-0.39, 0.29) is 5.41 Å². The van der Waals surface area contributed by atoms with Gasteiger partial charge >= 0.3 is 0 Å². The minimum atomic E-state index is -1.64. The molecule has 0 fully saturated rings. The summed E-state index contributed by atoms with van der Waals surface area (Å²) in [6.45, 7) is 21.3. The van der Waals surface area contributed by atoms with Gasteiger partial charge in [0.05, 0.1) is 27.2 Å². The normalized spacial score (nSPS) is 15.5. The van der Waals surface area contributed by atoms with E-state index < -0.39 is 16.1 Å². The summed E-state index contributed by atoms with van der Waals surface area (Å²) in [6.07, 6.45) is 2.11. The highest BCUT2D eigenvalue weighted by Crippen LogP contribution is 2.49. The van der Waals surface area contributed by atoms with Gasteiger partial charge < -0.3 is 4.42 Å². The number of nitrogens with zero attached hydrogens (tertiary/aromatic N) is 1. The number of rotatable bonds is 2. The van der Waals surface area contributed by atoms with Crippen LogP contribution < -0.4 is 10.4 Å². The van der Waals surface area contributed by atoms with Crippen LogP contribution in [0, 0.1) is 6.92 Å². The fourth-order valence-corrected chi connectivity index (χ4v) is 8.00. The Balaban J connectivity index is 2.10. The molecule has 0 saturated carbocycles. The summed E-state index contributed by atoms with van der Waals surface area (Å²) < 4.78 is 6.89. The van der Waals surface area contributed by atoms with Gasteiger partial charge in [-0.2, -0.15) is 0 Å². The van der Waals surface area contributed by atoms with Crippen molar-refractivity contribution in [2.75, 3.05) is 0 Å². The van der Waals surface area contributed by atoms with Gasteiger partial charge in [-0.15, -0.1) is 0 Å². The molecular formula is C27H33NOSi2. The number of aryl methyl sites for hydroxylation is 1. The third kappa shape index (κ3) is 2.84. The smallest absolute Gasteiger partial charge is 0.138 e. The lowest BCUT2D eigenvalue weighted by Crippen LogP contribution is -2.38. The zero-order chi connectivity index (χ0) is 22.5. The fourth-order valence-electron chi connectivity index (χ4n) is 5.25. The molecule has 0 radical (unpaired) electrons. The van der Waals surface area contributed by atoms with E-state index in [1.54, 1.807) is 0 Å². The van der Waals surface area contributed by atoms with Crippen molar-refractivity contribution in [1.82, 2.24) is 4.98 Å². The van der Waals surface area contributed by atoms with Gasteiger partial charge in [0, 0.05) is 27.7 Å². The molecule has 0 saturated heterocycles. The van der Waals surface area contributed by atoms with E-state index in [1.807, 2.05) is 0 Å². The van der Waals surface area contributed by atoms with Crippen LogP contribution in [-0.4, -0.2) is 21.1 Å². The van der Waals surface area contributed by atoms with E-state index in [0.29, 0.717) is 0 Å². The van der Waals surface area contributed by atoms with Crippen molar-refractivity contribution in [1.29, 1.82) is 0 Å². The zero-order valence-electron chi connectivity index (χ0n) is 20.3. The van der Waals surface area contributed by atoms with Gasteiger partial charge in [0.15, 0.2) is 0 Å². The monoisotopic (exact) mass is 443 g/mol. The predicted molar refractivity (Wildman–Crippen MR) is 140 cm³/mol. The summed E-state index contributed by atoms with van der Waals surface area (Å²) in [5, 5.41) is 5.27. The molecule has 4 heteroatoms. The van der Waals surface area contributed by atoms with Crippen LogP contribution in [0.15, 0.2) is 40.9 Å². The second-order valence-corrected chi connectivity index (χ2v) is 21.9. The molecule has 0 unspecified atom stereocenters. The van der Waals surface area contributed by atoms with Crippen molar-refractivity contribution in [3.05, 3.63) is 53.2 Å². The first-order valence-electron chi connectivity index (χ1n) is 11.3. The lowest BCUT2D eigenvalue weighted by atomic mass is 9.75. The van der Waals surface area contributed by atoms with Crippen LogP contribution >= 0.6 is 0 Å². The summed E-state index contributed by atoms with van der Waals surface area (Å²) in [6, 6.07) is 11.6. The largest absolute Gasteiger partial charge is 0.456 e. The number of pyridine rings is 1. The molecule has 2 aromatic heterocycles. The third-order valence-corrected chi connectivity index (χ3v) is 11.0. The van der Waals surface area contributed by atoms with Crippen molar-refractivity contribution < 1.29 is 4.42 Å². The second-order valence-electron chi connectivity index (χ2n) is 11.9. The van der Waals surface area contributed by atoms with Crippen LogP contribution in [0.3, 0.4) is 0 Å². The van der Waals surface area contributed by atoms with Crippen LogP contribution in [0.2, 0.25) is 39.3 Å². The van der Waals surface area contributed by atoms with E-state index in [9.17, 15) is 0 Å². The molecule has 4 aromatic rings. The highest BCUT2D eigenvalue weighted by atomic mass is 28.3. The summed E-state index contributed by atoms with van der Waals surface area (Å²) in [5.41, 5.74) is 8.41. The van der Waals surface area contributed by atoms with Crippen LogP contribution in [0.4, 0.5) is 0 Å². The number of furan rings is 1. The van der Waals surface area contributed by atoms with Gasteiger partial charge in [-0.25, -0.2) is 0 Å². The van der Waals surface area contributed by atoms with Gasteiger partial charge in [-0.05, 0) is 23.2 Å². The van der Waals surface area contributed by atoms with Crippen molar-refractivity contribution in [3.8, 4) is 11.3 Å². The summed E-state index contributed by atoms with van der Waals surface area (Å²) in [7, 11) is -3.23. The topological polar surface area (TPSA) is 26.0 Å². The molecule has 5 rings (SSSR count). The highest BCUT2D eigenvalue weighted by Gasteiger charge is 2.37. The van der Waals surface area contributed by atoms with Crippen molar-refractivity contribution >= 4 is 48.5 Å². The zero-order valence-corrected chi connectivity index (χ0v) is 22.3. The van der Waals surface area contributed by atoms with Gasteiger partial charge in [-0.1, -0.05) is 89.0 Å². The molecular weight excluding hydrogens is 410 g/mol. The molecule has 1 aliphatic rings. The Kier molecular flexibility index (Phi) is 4.14. The first-order chi connectivity index (χ1) is 14.3. The molecule has 1 aliphatic carbocycles. The van der Waals surface area contributed by atoms with E-state index in [0.717, 1.165) is 16.9 Å². The van der Waals surface area contributed by atoms with E-state index in [2.05, 4.69) is 96.6 Å². The third-order valence-electron chi connectivity index (χ3n) is 7.04. The first-order valence-corrected chi connectivity index (χ1v) is 18.3. The van der Waals surface area contributed by atoms with Crippen LogP contribution in [0.5, 0.6) is 0 Å². The predicted octanol–water partition coefficient (Wildman–Crippen LogP) is 6.69. The first kappa shape index (κ1) is 20.7. The van der Waals surface area contributed by atoms with Crippen molar-refractivity contribution in [3.63, 3.8) is 0 Å². The molecule has 160 valence electrons. The molecule has 2 aromatic carbocycles. The lowest BCUT2D eigenvalue weighted by Gasteiger charge is -2.29. The van der Waals surface area contributed by atoms with E-state index in [4.69, 9.17) is 9.40 Å². The molecule has 2 heterocycles. The molecule has 0 N–H and O–H groups in total. The molecule has 0 spiro atoms. The average molecular weight is 444 g/mol. The Morgan fingerprint density at radius 2 is 1.42 bits per heavy atom. The van der Waals surface area contributed by atoms with Crippen LogP contribution in [0.25, 0.3) is 33.2 Å². The molecule has 0 bridgehead atoms. The Morgan fingerprint density at radius 3 is 2.06 bits per heavy atom. The second kappa shape index (κ2) is 6.20. The maximum atomic E-state index is 6.89. The summed E-state index contributed by atoms with van der Waals surface area (Å²) in [4.78, 5) is 5.13. The fraction of sp³-hybridized carbons (Fsp3) is 0.370. The SMILES string of the molecule is Cc1ccc2c(c1)C(C)(C)c1ccc([Si](C)(C)C)c3oc4c([Si](C)(C)C)cnc-2c4c13. The number of hydrogen-bond acceptors (Lipinski definition) is 2.